The molecule has 0 unspecified atom stereocenters. The maximum Gasteiger partial charge on any atom is 0.358 e. The van der Waals surface area contributed by atoms with E-state index in [1.165, 1.54) is 19.2 Å². The van der Waals surface area contributed by atoms with Crippen LogP contribution < -0.4 is 0 Å². The molecule has 0 N–H and O–H groups in total. The Morgan fingerprint density at radius 1 is 1.55 bits per heavy atom. The van der Waals surface area contributed by atoms with Crippen LogP contribution in [0.1, 0.15) is 35.8 Å². The highest BCUT2D eigenvalue weighted by Crippen LogP contribution is 2.47. The molecule has 2 rings (SSSR count). The van der Waals surface area contributed by atoms with Crippen molar-refractivity contribution in [1.82, 2.24) is 4.98 Å². The van der Waals surface area contributed by atoms with Crippen LogP contribution in [0.15, 0.2) is 17.2 Å². The van der Waals surface area contributed by atoms with E-state index in [1.807, 2.05) is 0 Å². The van der Waals surface area contributed by atoms with Gasteiger partial charge in [0.05, 0.1) is 24.3 Å². The SMILES string of the molecule is CCS(=O)(=O)c1cc(C2(C#N)CC2)cnc1C(=O)OC. The highest BCUT2D eigenvalue weighted by Gasteiger charge is 2.46. The molecule has 0 bridgehead atoms. The average molecular weight is 294 g/mol. The summed E-state index contributed by atoms with van der Waals surface area (Å²) in [6.45, 7) is 1.49. The number of pyridine rings is 1. The molecule has 0 atom stereocenters. The van der Waals surface area contributed by atoms with Gasteiger partial charge in [-0.25, -0.2) is 18.2 Å². The molecule has 20 heavy (non-hydrogen) atoms. The fraction of sp³-hybridized carbons (Fsp3) is 0.462. The number of carbonyl (C=O) groups excluding carboxylic acids is 1. The molecule has 0 amide bonds. The molecule has 106 valence electrons. The summed E-state index contributed by atoms with van der Waals surface area (Å²) >= 11 is 0. The summed E-state index contributed by atoms with van der Waals surface area (Å²) in [5.74, 6) is -0.952. The molecule has 0 aromatic carbocycles. The minimum atomic E-state index is -3.62. The fourth-order valence-electron chi connectivity index (χ4n) is 1.94. The molecular weight excluding hydrogens is 280 g/mol. The highest BCUT2D eigenvalue weighted by atomic mass is 32.2. The summed E-state index contributed by atoms with van der Waals surface area (Å²) in [6.07, 6.45) is 2.74. The monoisotopic (exact) mass is 294 g/mol. The lowest BCUT2D eigenvalue weighted by molar-refractivity contribution is 0.0589. The van der Waals surface area contributed by atoms with Crippen LogP contribution in [0, 0.1) is 11.3 Å². The summed E-state index contributed by atoms with van der Waals surface area (Å²) in [5.41, 5.74) is -0.342. The van der Waals surface area contributed by atoms with E-state index >= 15 is 0 Å². The molecule has 1 aliphatic rings. The van der Waals surface area contributed by atoms with Crippen LogP contribution in [0.3, 0.4) is 0 Å². The van der Waals surface area contributed by atoms with Crippen LogP contribution in [0.2, 0.25) is 0 Å². The van der Waals surface area contributed by atoms with Gasteiger partial charge in [-0.05, 0) is 24.5 Å². The predicted octanol–water partition coefficient (Wildman–Crippen LogP) is 1.22. The lowest BCUT2D eigenvalue weighted by Gasteiger charge is -2.11. The standard InChI is InChI=1S/C13H14N2O4S/c1-3-20(17,18)10-6-9(13(8-14)4-5-13)7-15-11(10)12(16)19-2/h6-7H,3-5H2,1-2H3. The van der Waals surface area contributed by atoms with Crippen LogP contribution in [0.4, 0.5) is 0 Å². The molecule has 0 radical (unpaired) electrons. The number of nitriles is 1. The summed E-state index contributed by atoms with van der Waals surface area (Å²) in [6, 6.07) is 3.56. The number of aromatic nitrogens is 1. The first-order valence-corrected chi connectivity index (χ1v) is 7.78. The van der Waals surface area contributed by atoms with Crippen molar-refractivity contribution in [2.75, 3.05) is 12.9 Å². The van der Waals surface area contributed by atoms with E-state index in [0.717, 1.165) is 7.11 Å². The molecule has 1 aromatic heterocycles. The van der Waals surface area contributed by atoms with Gasteiger partial charge in [-0.2, -0.15) is 5.26 Å². The second-order valence-electron chi connectivity index (χ2n) is 4.66. The van der Waals surface area contributed by atoms with Crippen molar-refractivity contribution < 1.29 is 17.9 Å². The smallest absolute Gasteiger partial charge is 0.358 e. The number of rotatable bonds is 4. The van der Waals surface area contributed by atoms with Crippen LogP contribution in [-0.2, 0) is 20.0 Å². The largest absolute Gasteiger partial charge is 0.464 e. The quantitative estimate of drug-likeness (QED) is 0.774. The van der Waals surface area contributed by atoms with E-state index < -0.39 is 21.2 Å². The summed E-state index contributed by atoms with van der Waals surface area (Å²) in [5, 5.41) is 9.17. The minimum Gasteiger partial charge on any atom is -0.464 e. The number of sulfone groups is 1. The van der Waals surface area contributed by atoms with Gasteiger partial charge in [0.2, 0.25) is 0 Å². The van der Waals surface area contributed by atoms with Gasteiger partial charge in [0, 0.05) is 6.20 Å². The number of nitrogens with zero attached hydrogens (tertiary/aromatic N) is 2. The van der Waals surface area contributed by atoms with Gasteiger partial charge in [-0.15, -0.1) is 0 Å². The van der Waals surface area contributed by atoms with Crippen molar-refractivity contribution in [3.05, 3.63) is 23.5 Å². The highest BCUT2D eigenvalue weighted by molar-refractivity contribution is 7.91. The molecule has 1 fully saturated rings. The Morgan fingerprint density at radius 3 is 2.65 bits per heavy atom. The normalized spacial score (nSPS) is 16.2. The molecule has 1 heterocycles. The van der Waals surface area contributed by atoms with Crippen LogP contribution in [0.5, 0.6) is 0 Å². The third-order valence-electron chi connectivity index (χ3n) is 3.46. The van der Waals surface area contributed by atoms with E-state index in [0.29, 0.717) is 18.4 Å². The Morgan fingerprint density at radius 2 is 2.20 bits per heavy atom. The lowest BCUT2D eigenvalue weighted by atomic mass is 9.99. The van der Waals surface area contributed by atoms with E-state index in [-0.39, 0.29) is 16.3 Å². The zero-order chi connectivity index (χ0) is 15.0. The zero-order valence-electron chi connectivity index (χ0n) is 11.2. The first kappa shape index (κ1) is 14.5. The summed E-state index contributed by atoms with van der Waals surface area (Å²) in [7, 11) is -2.46. The third kappa shape index (κ3) is 2.27. The van der Waals surface area contributed by atoms with Crippen molar-refractivity contribution >= 4 is 15.8 Å². The van der Waals surface area contributed by atoms with Crippen molar-refractivity contribution in [2.24, 2.45) is 0 Å². The molecule has 0 saturated heterocycles. The Balaban J connectivity index is 2.63. The average Bonchev–Trinajstić information content (AvgIpc) is 3.27. The van der Waals surface area contributed by atoms with Gasteiger partial charge in [0.15, 0.2) is 15.5 Å². The molecule has 1 aliphatic carbocycles. The van der Waals surface area contributed by atoms with E-state index in [1.54, 1.807) is 0 Å². The molecule has 7 heteroatoms. The second-order valence-corrected chi connectivity index (χ2v) is 6.91. The van der Waals surface area contributed by atoms with Gasteiger partial charge >= 0.3 is 5.97 Å². The van der Waals surface area contributed by atoms with Gasteiger partial charge < -0.3 is 4.74 Å². The number of methoxy groups -OCH3 is 1. The van der Waals surface area contributed by atoms with E-state index in [9.17, 15) is 13.2 Å². The zero-order valence-corrected chi connectivity index (χ0v) is 12.0. The molecular formula is C13H14N2O4S. The Kier molecular flexibility index (Phi) is 3.52. The molecule has 0 aliphatic heterocycles. The predicted molar refractivity (Wildman–Crippen MR) is 69.8 cm³/mol. The number of esters is 1. The maximum absolute atomic E-state index is 12.1. The van der Waals surface area contributed by atoms with Crippen LogP contribution in [0.25, 0.3) is 0 Å². The van der Waals surface area contributed by atoms with Crippen molar-refractivity contribution in [1.29, 1.82) is 5.26 Å². The number of hydrogen-bond donors (Lipinski definition) is 0. The van der Waals surface area contributed by atoms with Crippen molar-refractivity contribution in [3.8, 4) is 6.07 Å². The Labute approximate surface area is 117 Å². The molecule has 0 spiro atoms. The minimum absolute atomic E-state index is 0.151. The third-order valence-corrected chi connectivity index (χ3v) is 5.20. The first-order chi connectivity index (χ1) is 9.40. The second kappa shape index (κ2) is 4.87. The Hall–Kier alpha value is -1.94. The van der Waals surface area contributed by atoms with Gasteiger partial charge in [-0.1, -0.05) is 6.92 Å². The number of hydrogen-bond acceptors (Lipinski definition) is 6. The van der Waals surface area contributed by atoms with E-state index in [2.05, 4.69) is 15.8 Å². The topological polar surface area (TPSA) is 97.1 Å². The van der Waals surface area contributed by atoms with Crippen molar-refractivity contribution in [3.63, 3.8) is 0 Å². The van der Waals surface area contributed by atoms with Crippen molar-refractivity contribution in [2.45, 2.75) is 30.1 Å². The maximum atomic E-state index is 12.1. The molecule has 6 nitrogen and oxygen atoms in total. The lowest BCUT2D eigenvalue weighted by Crippen LogP contribution is -2.16. The van der Waals surface area contributed by atoms with E-state index in [4.69, 9.17) is 5.26 Å². The molecule has 1 aromatic rings. The molecule has 1 saturated carbocycles. The van der Waals surface area contributed by atoms with Gasteiger partial charge in [0.25, 0.3) is 0 Å². The Bertz CT molecular complexity index is 700. The van der Waals surface area contributed by atoms with Gasteiger partial charge in [0.1, 0.15) is 4.90 Å². The number of carbonyl (C=O) groups is 1. The fourth-order valence-corrected chi connectivity index (χ4v) is 2.99. The number of ether oxygens (including phenoxy) is 1. The first-order valence-electron chi connectivity index (χ1n) is 6.13. The van der Waals surface area contributed by atoms with Gasteiger partial charge in [-0.3, -0.25) is 0 Å². The van der Waals surface area contributed by atoms with Crippen LogP contribution in [-0.4, -0.2) is 32.2 Å². The summed E-state index contributed by atoms with van der Waals surface area (Å²) < 4.78 is 28.8. The van der Waals surface area contributed by atoms with Crippen LogP contribution >= 0.6 is 0 Å². The summed E-state index contributed by atoms with van der Waals surface area (Å²) in [4.78, 5) is 15.4.